The average molecular weight is 170 g/mol. The van der Waals surface area contributed by atoms with Crippen LogP contribution in [0.1, 0.15) is 26.7 Å². The third kappa shape index (κ3) is 4.07. The minimum absolute atomic E-state index is 0.784. The predicted molar refractivity (Wildman–Crippen MR) is 53.3 cm³/mol. The van der Waals surface area contributed by atoms with Crippen LogP contribution in [0.5, 0.6) is 0 Å². The van der Waals surface area contributed by atoms with Gasteiger partial charge >= 0.3 is 0 Å². The molecule has 1 fully saturated rings. The Balaban J connectivity index is 1.88. The van der Waals surface area contributed by atoms with Crippen molar-refractivity contribution in [3.63, 3.8) is 0 Å². The average Bonchev–Trinajstić information content (AvgIpc) is 2.49. The molecule has 1 unspecified atom stereocenters. The number of rotatable bonds is 5. The molecule has 0 radical (unpaired) electrons. The van der Waals surface area contributed by atoms with Gasteiger partial charge in [0.25, 0.3) is 0 Å². The molecule has 2 N–H and O–H groups in total. The second-order valence-corrected chi connectivity index (χ2v) is 4.25. The highest BCUT2D eigenvalue weighted by molar-refractivity contribution is 4.71. The molecule has 72 valence electrons. The van der Waals surface area contributed by atoms with Crippen molar-refractivity contribution in [3.8, 4) is 0 Å². The van der Waals surface area contributed by atoms with Gasteiger partial charge in [0.15, 0.2) is 0 Å². The normalized spacial score (nSPS) is 23.8. The molecule has 0 bridgehead atoms. The maximum Gasteiger partial charge on any atom is -0.00196 e. The summed E-state index contributed by atoms with van der Waals surface area (Å²) in [7, 11) is 0. The summed E-state index contributed by atoms with van der Waals surface area (Å²) >= 11 is 0. The van der Waals surface area contributed by atoms with E-state index in [1.165, 1.54) is 39.0 Å². The summed E-state index contributed by atoms with van der Waals surface area (Å²) in [6, 6.07) is 0. The lowest BCUT2D eigenvalue weighted by Gasteiger charge is -2.10. The van der Waals surface area contributed by atoms with Gasteiger partial charge in [-0.15, -0.1) is 0 Å². The van der Waals surface area contributed by atoms with Crippen molar-refractivity contribution in [1.82, 2.24) is 10.6 Å². The van der Waals surface area contributed by atoms with Crippen molar-refractivity contribution < 1.29 is 0 Å². The van der Waals surface area contributed by atoms with Crippen LogP contribution in [-0.4, -0.2) is 26.2 Å². The van der Waals surface area contributed by atoms with E-state index in [0.29, 0.717) is 0 Å². The number of nitrogens with one attached hydrogen (secondary N) is 2. The van der Waals surface area contributed by atoms with E-state index in [2.05, 4.69) is 24.5 Å². The Kier molecular flexibility index (Phi) is 4.62. The number of hydrogen-bond donors (Lipinski definition) is 2. The minimum atomic E-state index is 0.784. The molecule has 1 saturated heterocycles. The molecule has 0 spiro atoms. The molecule has 1 heterocycles. The predicted octanol–water partition coefficient (Wildman–Crippen LogP) is 1.23. The zero-order valence-electron chi connectivity index (χ0n) is 8.40. The Morgan fingerprint density at radius 1 is 1.50 bits per heavy atom. The highest BCUT2D eigenvalue weighted by Gasteiger charge is 2.12. The topological polar surface area (TPSA) is 24.1 Å². The van der Waals surface area contributed by atoms with Crippen molar-refractivity contribution in [2.24, 2.45) is 11.8 Å². The van der Waals surface area contributed by atoms with Gasteiger partial charge in [-0.1, -0.05) is 13.8 Å². The summed E-state index contributed by atoms with van der Waals surface area (Å²) in [4.78, 5) is 0. The van der Waals surface area contributed by atoms with Crippen LogP contribution in [0.4, 0.5) is 0 Å². The molecule has 2 heteroatoms. The van der Waals surface area contributed by atoms with Crippen LogP contribution in [-0.2, 0) is 0 Å². The van der Waals surface area contributed by atoms with E-state index < -0.39 is 0 Å². The van der Waals surface area contributed by atoms with Crippen molar-refractivity contribution in [1.29, 1.82) is 0 Å². The largest absolute Gasteiger partial charge is 0.316 e. The summed E-state index contributed by atoms with van der Waals surface area (Å²) in [5.41, 5.74) is 0. The Morgan fingerprint density at radius 3 is 2.92 bits per heavy atom. The first-order chi connectivity index (χ1) is 5.79. The quantitative estimate of drug-likeness (QED) is 0.606. The molecule has 0 aromatic rings. The lowest BCUT2D eigenvalue weighted by molar-refractivity contribution is 0.475. The first-order valence-electron chi connectivity index (χ1n) is 5.20. The summed E-state index contributed by atoms with van der Waals surface area (Å²) in [5.74, 6) is 1.72. The Labute approximate surface area is 76.1 Å². The molecular weight excluding hydrogens is 148 g/mol. The monoisotopic (exact) mass is 170 g/mol. The van der Waals surface area contributed by atoms with E-state index in [0.717, 1.165) is 11.8 Å². The SMILES string of the molecule is CC(C)CNCCC1CCNC1. The van der Waals surface area contributed by atoms with Crippen LogP contribution in [0, 0.1) is 11.8 Å². The lowest BCUT2D eigenvalue weighted by atomic mass is 10.1. The van der Waals surface area contributed by atoms with E-state index in [-0.39, 0.29) is 0 Å². The van der Waals surface area contributed by atoms with Crippen molar-refractivity contribution in [3.05, 3.63) is 0 Å². The van der Waals surface area contributed by atoms with Gasteiger partial charge in [-0.3, -0.25) is 0 Å². The maximum atomic E-state index is 3.48. The van der Waals surface area contributed by atoms with Crippen LogP contribution in [0.3, 0.4) is 0 Å². The second-order valence-electron chi connectivity index (χ2n) is 4.25. The second kappa shape index (κ2) is 5.55. The van der Waals surface area contributed by atoms with Crippen LogP contribution >= 0.6 is 0 Å². The van der Waals surface area contributed by atoms with Gasteiger partial charge in [-0.2, -0.15) is 0 Å². The third-order valence-electron chi connectivity index (χ3n) is 2.44. The molecule has 2 nitrogen and oxygen atoms in total. The van der Waals surface area contributed by atoms with Crippen LogP contribution < -0.4 is 10.6 Å². The van der Waals surface area contributed by atoms with E-state index in [4.69, 9.17) is 0 Å². The minimum Gasteiger partial charge on any atom is -0.316 e. The zero-order valence-corrected chi connectivity index (χ0v) is 8.40. The van der Waals surface area contributed by atoms with Crippen molar-refractivity contribution in [2.75, 3.05) is 26.2 Å². The van der Waals surface area contributed by atoms with Crippen molar-refractivity contribution in [2.45, 2.75) is 26.7 Å². The van der Waals surface area contributed by atoms with Crippen LogP contribution in [0.15, 0.2) is 0 Å². The summed E-state index contributed by atoms with van der Waals surface area (Å²) < 4.78 is 0. The van der Waals surface area contributed by atoms with Gasteiger partial charge in [0, 0.05) is 0 Å². The van der Waals surface area contributed by atoms with Crippen LogP contribution in [0.25, 0.3) is 0 Å². The highest BCUT2D eigenvalue weighted by atomic mass is 14.9. The smallest absolute Gasteiger partial charge is 0.00196 e. The fourth-order valence-corrected chi connectivity index (χ4v) is 1.66. The van der Waals surface area contributed by atoms with Gasteiger partial charge in [0.05, 0.1) is 0 Å². The van der Waals surface area contributed by atoms with Gasteiger partial charge in [-0.25, -0.2) is 0 Å². The fourth-order valence-electron chi connectivity index (χ4n) is 1.66. The Morgan fingerprint density at radius 2 is 2.33 bits per heavy atom. The summed E-state index contributed by atoms with van der Waals surface area (Å²) in [5, 5.41) is 6.88. The molecule has 1 aliphatic rings. The van der Waals surface area contributed by atoms with Gasteiger partial charge < -0.3 is 10.6 Å². The molecule has 0 saturated carbocycles. The molecule has 1 rings (SSSR count). The molecule has 1 aliphatic heterocycles. The van der Waals surface area contributed by atoms with E-state index in [1.54, 1.807) is 0 Å². The van der Waals surface area contributed by atoms with Gasteiger partial charge in [0.1, 0.15) is 0 Å². The Bertz CT molecular complexity index is 106. The molecule has 0 aromatic heterocycles. The molecule has 0 aliphatic carbocycles. The fraction of sp³-hybridized carbons (Fsp3) is 1.00. The maximum absolute atomic E-state index is 3.48. The molecule has 0 amide bonds. The molecule has 1 atom stereocenters. The summed E-state index contributed by atoms with van der Waals surface area (Å²) in [6.45, 7) is 9.34. The molecule has 0 aromatic carbocycles. The summed E-state index contributed by atoms with van der Waals surface area (Å²) in [6.07, 6.45) is 2.73. The first kappa shape index (κ1) is 10.0. The highest BCUT2D eigenvalue weighted by Crippen LogP contribution is 2.10. The van der Waals surface area contributed by atoms with Crippen LogP contribution in [0.2, 0.25) is 0 Å². The van der Waals surface area contributed by atoms with Crippen molar-refractivity contribution >= 4 is 0 Å². The Hall–Kier alpha value is -0.0800. The van der Waals surface area contributed by atoms with Gasteiger partial charge in [-0.05, 0) is 50.9 Å². The molecular formula is C10H22N2. The first-order valence-corrected chi connectivity index (χ1v) is 5.20. The number of hydrogen-bond acceptors (Lipinski definition) is 2. The van der Waals surface area contributed by atoms with E-state index in [1.807, 2.05) is 0 Å². The van der Waals surface area contributed by atoms with Gasteiger partial charge in [0.2, 0.25) is 0 Å². The molecule has 12 heavy (non-hydrogen) atoms. The lowest BCUT2D eigenvalue weighted by Crippen LogP contribution is -2.23. The van der Waals surface area contributed by atoms with E-state index in [9.17, 15) is 0 Å². The van der Waals surface area contributed by atoms with E-state index >= 15 is 0 Å². The standard InChI is InChI=1S/C10H22N2/c1-9(2)7-11-5-3-10-4-6-12-8-10/h9-12H,3-8H2,1-2H3. The third-order valence-corrected chi connectivity index (χ3v) is 2.44. The zero-order chi connectivity index (χ0) is 8.81.